The summed E-state index contributed by atoms with van der Waals surface area (Å²) in [6.07, 6.45) is 7.42. The molecule has 1 amide bonds. The van der Waals surface area contributed by atoms with E-state index >= 15 is 0 Å². The van der Waals surface area contributed by atoms with E-state index in [4.69, 9.17) is 4.98 Å². The molecular formula is C21H23N5O. The van der Waals surface area contributed by atoms with Crippen LogP contribution in [-0.2, 0) is 7.05 Å². The van der Waals surface area contributed by atoms with E-state index in [0.717, 1.165) is 47.9 Å². The summed E-state index contributed by atoms with van der Waals surface area (Å²) in [6.45, 7) is 3.43. The normalized spacial score (nSPS) is 17.1. The summed E-state index contributed by atoms with van der Waals surface area (Å²) >= 11 is 0. The number of benzene rings is 1. The van der Waals surface area contributed by atoms with Crippen molar-refractivity contribution in [2.75, 3.05) is 13.1 Å². The summed E-state index contributed by atoms with van der Waals surface area (Å²) in [5.74, 6) is 1.23. The zero-order valence-electron chi connectivity index (χ0n) is 15.7. The molecule has 1 saturated heterocycles. The van der Waals surface area contributed by atoms with Gasteiger partial charge in [0.2, 0.25) is 0 Å². The summed E-state index contributed by atoms with van der Waals surface area (Å²) in [5, 5.41) is 0. The Morgan fingerprint density at radius 2 is 1.96 bits per heavy atom. The highest BCUT2D eigenvalue weighted by atomic mass is 16.2. The van der Waals surface area contributed by atoms with E-state index < -0.39 is 0 Å². The fourth-order valence-electron chi connectivity index (χ4n) is 3.61. The predicted octanol–water partition coefficient (Wildman–Crippen LogP) is 3.21. The van der Waals surface area contributed by atoms with Gasteiger partial charge >= 0.3 is 0 Å². The third-order valence-electron chi connectivity index (χ3n) is 5.28. The number of likely N-dealkylation sites (tertiary alicyclic amines) is 1. The second kappa shape index (κ2) is 7.31. The van der Waals surface area contributed by atoms with Crippen molar-refractivity contribution in [2.24, 2.45) is 7.05 Å². The Bertz CT molecular complexity index is 950. The van der Waals surface area contributed by atoms with Crippen LogP contribution in [0.25, 0.3) is 11.4 Å². The molecule has 0 spiro atoms. The van der Waals surface area contributed by atoms with Crippen LogP contribution in [0.15, 0.2) is 48.9 Å². The minimum atomic E-state index is 0.0895. The minimum Gasteiger partial charge on any atom is -0.338 e. The lowest BCUT2D eigenvalue weighted by molar-refractivity contribution is 0.0706. The molecule has 1 aliphatic heterocycles. The second-order valence-electron chi connectivity index (χ2n) is 7.04. The van der Waals surface area contributed by atoms with Gasteiger partial charge in [-0.05, 0) is 31.9 Å². The largest absolute Gasteiger partial charge is 0.338 e. The van der Waals surface area contributed by atoms with Gasteiger partial charge in [0, 0.05) is 37.8 Å². The Balaban J connectivity index is 1.56. The minimum absolute atomic E-state index is 0.0895. The molecule has 0 saturated carbocycles. The number of imidazole rings is 1. The topological polar surface area (TPSA) is 63.9 Å². The molecule has 6 heteroatoms. The number of hydrogen-bond donors (Lipinski definition) is 0. The fourth-order valence-corrected chi connectivity index (χ4v) is 3.61. The first-order chi connectivity index (χ1) is 13.1. The van der Waals surface area contributed by atoms with Gasteiger partial charge < -0.3 is 9.47 Å². The molecule has 1 aliphatic rings. The highest BCUT2D eigenvalue weighted by molar-refractivity contribution is 5.94. The summed E-state index contributed by atoms with van der Waals surface area (Å²) in [7, 11) is 1.98. The van der Waals surface area contributed by atoms with E-state index in [1.54, 1.807) is 6.20 Å². The zero-order valence-corrected chi connectivity index (χ0v) is 15.7. The van der Waals surface area contributed by atoms with Crippen LogP contribution >= 0.6 is 0 Å². The number of aromatic nitrogens is 4. The number of hydrogen-bond acceptors (Lipinski definition) is 4. The van der Waals surface area contributed by atoms with E-state index in [1.165, 1.54) is 0 Å². The molecule has 4 rings (SSSR count). The Morgan fingerprint density at radius 1 is 1.15 bits per heavy atom. The van der Waals surface area contributed by atoms with Crippen LogP contribution in [0.4, 0.5) is 0 Å². The third kappa shape index (κ3) is 3.47. The smallest absolute Gasteiger partial charge is 0.253 e. The van der Waals surface area contributed by atoms with Crippen molar-refractivity contribution in [1.29, 1.82) is 0 Å². The molecular weight excluding hydrogens is 338 g/mol. The number of piperidine rings is 1. The molecule has 1 atom stereocenters. The lowest BCUT2D eigenvalue weighted by Crippen LogP contribution is -2.39. The molecule has 138 valence electrons. The van der Waals surface area contributed by atoms with Crippen LogP contribution in [0, 0.1) is 6.92 Å². The Labute approximate surface area is 158 Å². The highest BCUT2D eigenvalue weighted by Gasteiger charge is 2.26. The van der Waals surface area contributed by atoms with Crippen molar-refractivity contribution in [3.63, 3.8) is 0 Å². The van der Waals surface area contributed by atoms with Gasteiger partial charge in [0.05, 0.1) is 23.8 Å². The number of amides is 1. The Morgan fingerprint density at radius 3 is 2.70 bits per heavy atom. The van der Waals surface area contributed by atoms with Gasteiger partial charge in [0.1, 0.15) is 11.5 Å². The molecule has 0 aliphatic carbocycles. The molecule has 0 unspecified atom stereocenters. The number of rotatable bonds is 3. The molecule has 0 bridgehead atoms. The summed E-state index contributed by atoms with van der Waals surface area (Å²) < 4.78 is 2.01. The van der Waals surface area contributed by atoms with Crippen molar-refractivity contribution in [3.8, 4) is 11.4 Å². The average molecular weight is 361 g/mol. The first-order valence-electron chi connectivity index (χ1n) is 9.28. The molecule has 27 heavy (non-hydrogen) atoms. The maximum atomic E-state index is 12.8. The highest BCUT2D eigenvalue weighted by Crippen LogP contribution is 2.28. The van der Waals surface area contributed by atoms with Gasteiger partial charge in [0.25, 0.3) is 5.91 Å². The van der Waals surface area contributed by atoms with Crippen molar-refractivity contribution < 1.29 is 4.79 Å². The average Bonchev–Trinajstić information content (AvgIpc) is 3.07. The zero-order chi connectivity index (χ0) is 18.8. The number of carbonyl (C=O) groups is 1. The SMILES string of the molecule is Cc1ncc(-c2cncc([C@H]3CCCN(C(=O)c4ccccc4)C3)n2)n1C. The molecule has 3 aromatic rings. The first kappa shape index (κ1) is 17.4. The van der Waals surface area contributed by atoms with Gasteiger partial charge in [-0.15, -0.1) is 0 Å². The van der Waals surface area contributed by atoms with Crippen molar-refractivity contribution in [3.05, 3.63) is 66.0 Å². The van der Waals surface area contributed by atoms with E-state index in [9.17, 15) is 4.79 Å². The molecule has 1 fully saturated rings. The van der Waals surface area contributed by atoms with Crippen LogP contribution < -0.4 is 0 Å². The van der Waals surface area contributed by atoms with Gasteiger partial charge in [-0.25, -0.2) is 9.97 Å². The van der Waals surface area contributed by atoms with Crippen LogP contribution in [-0.4, -0.2) is 43.4 Å². The van der Waals surface area contributed by atoms with Gasteiger partial charge in [-0.2, -0.15) is 0 Å². The van der Waals surface area contributed by atoms with E-state index in [-0.39, 0.29) is 11.8 Å². The fraction of sp³-hybridized carbons (Fsp3) is 0.333. The summed E-state index contributed by atoms with van der Waals surface area (Å²) in [6, 6.07) is 9.48. The van der Waals surface area contributed by atoms with Gasteiger partial charge in [-0.1, -0.05) is 18.2 Å². The van der Waals surface area contributed by atoms with Crippen LogP contribution in [0.3, 0.4) is 0 Å². The maximum Gasteiger partial charge on any atom is 0.253 e. The molecule has 0 radical (unpaired) electrons. The van der Waals surface area contributed by atoms with Crippen molar-refractivity contribution in [2.45, 2.75) is 25.7 Å². The molecule has 6 nitrogen and oxygen atoms in total. The van der Waals surface area contributed by atoms with Crippen LogP contribution in [0.5, 0.6) is 0 Å². The molecule has 0 N–H and O–H groups in total. The van der Waals surface area contributed by atoms with Crippen molar-refractivity contribution >= 4 is 5.91 Å². The van der Waals surface area contributed by atoms with Crippen LogP contribution in [0.2, 0.25) is 0 Å². The number of carbonyl (C=O) groups excluding carboxylic acids is 1. The number of nitrogens with zero attached hydrogens (tertiary/aromatic N) is 5. The predicted molar refractivity (Wildman–Crippen MR) is 103 cm³/mol. The van der Waals surface area contributed by atoms with E-state index in [0.29, 0.717) is 6.54 Å². The maximum absolute atomic E-state index is 12.8. The lowest BCUT2D eigenvalue weighted by Gasteiger charge is -2.32. The van der Waals surface area contributed by atoms with Gasteiger partial charge in [0.15, 0.2) is 0 Å². The monoisotopic (exact) mass is 361 g/mol. The lowest BCUT2D eigenvalue weighted by atomic mass is 9.94. The third-order valence-corrected chi connectivity index (χ3v) is 5.28. The summed E-state index contributed by atoms with van der Waals surface area (Å²) in [5.41, 5.74) is 3.46. The molecule has 1 aromatic carbocycles. The number of aryl methyl sites for hydroxylation is 1. The molecule has 3 heterocycles. The Hall–Kier alpha value is -3.02. The second-order valence-corrected chi connectivity index (χ2v) is 7.04. The standard InChI is InChI=1S/C21H23N5O/c1-15-23-13-20(25(15)2)19-12-22-11-18(24-19)17-9-6-10-26(14-17)21(27)16-7-4-3-5-8-16/h3-5,7-8,11-13,17H,6,9-10,14H2,1-2H3/t17-/m0/s1. The Kier molecular flexibility index (Phi) is 4.71. The summed E-state index contributed by atoms with van der Waals surface area (Å²) in [4.78, 5) is 28.3. The van der Waals surface area contributed by atoms with Crippen LogP contribution in [0.1, 0.15) is 40.6 Å². The van der Waals surface area contributed by atoms with Crippen molar-refractivity contribution in [1.82, 2.24) is 24.4 Å². The first-order valence-corrected chi connectivity index (χ1v) is 9.28. The van der Waals surface area contributed by atoms with E-state index in [1.807, 2.05) is 66.2 Å². The van der Waals surface area contributed by atoms with Gasteiger partial charge in [-0.3, -0.25) is 9.78 Å². The molecule has 2 aromatic heterocycles. The quantitative estimate of drug-likeness (QED) is 0.719. The van der Waals surface area contributed by atoms with E-state index in [2.05, 4.69) is 9.97 Å².